The molecule has 2 saturated heterocycles. The number of carbonyl (C=O) groups excluding carboxylic acids is 2. The van der Waals surface area contributed by atoms with Crippen LogP contribution in [0.5, 0.6) is 11.5 Å². The Balaban J connectivity index is 1.32. The van der Waals surface area contributed by atoms with E-state index in [0.29, 0.717) is 31.0 Å². The maximum atomic E-state index is 12.8. The minimum absolute atomic E-state index is 0.0245. The number of anilines is 2. The van der Waals surface area contributed by atoms with Crippen molar-refractivity contribution in [3.8, 4) is 11.5 Å². The molecule has 2 aliphatic heterocycles. The van der Waals surface area contributed by atoms with Gasteiger partial charge in [-0.15, -0.1) is 0 Å². The van der Waals surface area contributed by atoms with Gasteiger partial charge < -0.3 is 24.6 Å². The minimum atomic E-state index is -0.330. The van der Waals surface area contributed by atoms with E-state index in [1.807, 2.05) is 36.4 Å². The van der Waals surface area contributed by atoms with Gasteiger partial charge in [-0.2, -0.15) is 0 Å². The maximum absolute atomic E-state index is 12.8. The SMILES string of the molecule is COc1ccc(CCN2CC(C(=O)Nc3cccc(N4CCCC4)c3)CC2=O)cc1OC. The second kappa shape index (κ2) is 9.94. The molecule has 2 amide bonds. The second-order valence-electron chi connectivity index (χ2n) is 8.41. The smallest absolute Gasteiger partial charge is 0.229 e. The Kier molecular flexibility index (Phi) is 6.83. The van der Waals surface area contributed by atoms with E-state index in [2.05, 4.69) is 16.3 Å². The van der Waals surface area contributed by atoms with Crippen LogP contribution in [-0.4, -0.2) is 57.1 Å². The average Bonchev–Trinajstić information content (AvgIpc) is 3.48. The van der Waals surface area contributed by atoms with Gasteiger partial charge in [0.2, 0.25) is 11.8 Å². The van der Waals surface area contributed by atoms with E-state index in [4.69, 9.17) is 9.47 Å². The van der Waals surface area contributed by atoms with Crippen molar-refractivity contribution in [3.05, 3.63) is 48.0 Å². The normalized spacial score (nSPS) is 18.2. The fraction of sp³-hybridized carbons (Fsp3) is 0.440. The quantitative estimate of drug-likeness (QED) is 0.686. The van der Waals surface area contributed by atoms with Crippen molar-refractivity contribution in [2.45, 2.75) is 25.7 Å². The highest BCUT2D eigenvalue weighted by Gasteiger charge is 2.34. The number of rotatable bonds is 8. The number of benzene rings is 2. The molecule has 2 aromatic rings. The van der Waals surface area contributed by atoms with Crippen molar-refractivity contribution in [1.29, 1.82) is 0 Å². The molecule has 0 aliphatic carbocycles. The van der Waals surface area contributed by atoms with Gasteiger partial charge in [0, 0.05) is 44.0 Å². The van der Waals surface area contributed by atoms with E-state index >= 15 is 0 Å². The first-order valence-electron chi connectivity index (χ1n) is 11.2. The van der Waals surface area contributed by atoms with E-state index in [1.54, 1.807) is 19.1 Å². The third-order valence-electron chi connectivity index (χ3n) is 6.29. The fourth-order valence-corrected chi connectivity index (χ4v) is 4.46. The molecule has 2 fully saturated rings. The predicted molar refractivity (Wildman–Crippen MR) is 124 cm³/mol. The summed E-state index contributed by atoms with van der Waals surface area (Å²) in [5, 5.41) is 3.02. The lowest BCUT2D eigenvalue weighted by atomic mass is 10.1. The number of amides is 2. The summed E-state index contributed by atoms with van der Waals surface area (Å²) in [6, 6.07) is 13.7. The van der Waals surface area contributed by atoms with E-state index in [-0.39, 0.29) is 24.2 Å². The van der Waals surface area contributed by atoms with Crippen LogP contribution in [0, 0.1) is 5.92 Å². The van der Waals surface area contributed by atoms with E-state index in [1.165, 1.54) is 12.8 Å². The number of hydrogen-bond donors (Lipinski definition) is 1. The Hall–Kier alpha value is -3.22. The molecule has 0 aromatic heterocycles. The molecule has 0 bridgehead atoms. The second-order valence-corrected chi connectivity index (χ2v) is 8.41. The molecule has 32 heavy (non-hydrogen) atoms. The highest BCUT2D eigenvalue weighted by atomic mass is 16.5. The van der Waals surface area contributed by atoms with Crippen LogP contribution in [0.25, 0.3) is 0 Å². The van der Waals surface area contributed by atoms with Gasteiger partial charge in [0.1, 0.15) is 0 Å². The number of nitrogens with zero attached hydrogens (tertiary/aromatic N) is 2. The molecule has 1 unspecified atom stereocenters. The fourth-order valence-electron chi connectivity index (χ4n) is 4.46. The average molecular weight is 438 g/mol. The summed E-state index contributed by atoms with van der Waals surface area (Å²) in [5.41, 5.74) is 2.98. The highest BCUT2D eigenvalue weighted by Crippen LogP contribution is 2.28. The van der Waals surface area contributed by atoms with E-state index < -0.39 is 0 Å². The van der Waals surface area contributed by atoms with Gasteiger partial charge in [-0.25, -0.2) is 0 Å². The van der Waals surface area contributed by atoms with Crippen LogP contribution in [0.2, 0.25) is 0 Å². The van der Waals surface area contributed by atoms with Crippen molar-refractivity contribution in [2.24, 2.45) is 5.92 Å². The molecule has 1 N–H and O–H groups in total. The predicted octanol–water partition coefficient (Wildman–Crippen LogP) is 3.33. The molecule has 2 aromatic carbocycles. The number of methoxy groups -OCH3 is 2. The van der Waals surface area contributed by atoms with Crippen LogP contribution < -0.4 is 19.7 Å². The van der Waals surface area contributed by atoms with Crippen molar-refractivity contribution in [3.63, 3.8) is 0 Å². The van der Waals surface area contributed by atoms with Crippen molar-refractivity contribution >= 4 is 23.2 Å². The Bertz CT molecular complexity index is 971. The first kappa shape index (κ1) is 22.0. The van der Waals surface area contributed by atoms with Gasteiger partial charge in [-0.05, 0) is 55.2 Å². The zero-order valence-corrected chi connectivity index (χ0v) is 18.8. The van der Waals surface area contributed by atoms with Crippen LogP contribution in [-0.2, 0) is 16.0 Å². The molecule has 4 rings (SSSR count). The molecule has 0 saturated carbocycles. The van der Waals surface area contributed by atoms with Gasteiger partial charge in [0.15, 0.2) is 11.5 Å². The van der Waals surface area contributed by atoms with Gasteiger partial charge >= 0.3 is 0 Å². The van der Waals surface area contributed by atoms with Crippen LogP contribution in [0.1, 0.15) is 24.8 Å². The highest BCUT2D eigenvalue weighted by molar-refractivity contribution is 5.97. The summed E-state index contributed by atoms with van der Waals surface area (Å²) in [4.78, 5) is 29.5. The zero-order chi connectivity index (χ0) is 22.5. The number of hydrogen-bond acceptors (Lipinski definition) is 5. The molecule has 2 aliphatic rings. The topological polar surface area (TPSA) is 71.1 Å². The maximum Gasteiger partial charge on any atom is 0.229 e. The van der Waals surface area contributed by atoms with Gasteiger partial charge in [-0.3, -0.25) is 9.59 Å². The zero-order valence-electron chi connectivity index (χ0n) is 18.8. The molecule has 7 nitrogen and oxygen atoms in total. The Morgan fingerprint density at radius 2 is 1.84 bits per heavy atom. The molecule has 0 spiro atoms. The summed E-state index contributed by atoms with van der Waals surface area (Å²) in [6.45, 7) is 3.14. The third kappa shape index (κ3) is 4.98. The lowest BCUT2D eigenvalue weighted by molar-refractivity contribution is -0.128. The first-order valence-corrected chi connectivity index (χ1v) is 11.2. The Morgan fingerprint density at radius 3 is 2.59 bits per heavy atom. The van der Waals surface area contributed by atoms with Gasteiger partial charge in [0.05, 0.1) is 20.1 Å². The number of ether oxygens (including phenoxy) is 2. The Labute approximate surface area is 189 Å². The summed E-state index contributed by atoms with van der Waals surface area (Å²) in [5.74, 6) is 0.954. The summed E-state index contributed by atoms with van der Waals surface area (Å²) >= 11 is 0. The number of nitrogens with one attached hydrogen (secondary N) is 1. The molecular formula is C25H31N3O4. The van der Waals surface area contributed by atoms with Gasteiger partial charge in [0.25, 0.3) is 0 Å². The van der Waals surface area contributed by atoms with Crippen LogP contribution in [0.4, 0.5) is 11.4 Å². The number of carbonyl (C=O) groups is 2. The van der Waals surface area contributed by atoms with Crippen molar-refractivity contribution in [1.82, 2.24) is 4.90 Å². The van der Waals surface area contributed by atoms with Crippen LogP contribution in [0.15, 0.2) is 42.5 Å². The standard InChI is InChI=1S/C25H31N3O4/c1-31-22-9-8-18(14-23(22)32-2)10-13-28-17-19(15-24(28)29)25(30)26-20-6-5-7-21(16-20)27-11-3-4-12-27/h5-9,14,16,19H,3-4,10-13,15,17H2,1-2H3,(H,26,30). The first-order chi connectivity index (χ1) is 15.6. The van der Waals surface area contributed by atoms with Crippen LogP contribution in [0.3, 0.4) is 0 Å². The van der Waals surface area contributed by atoms with E-state index in [9.17, 15) is 9.59 Å². The largest absolute Gasteiger partial charge is 0.493 e. The summed E-state index contributed by atoms with van der Waals surface area (Å²) in [7, 11) is 3.21. The monoisotopic (exact) mass is 437 g/mol. The molecular weight excluding hydrogens is 406 g/mol. The molecule has 0 radical (unpaired) electrons. The van der Waals surface area contributed by atoms with E-state index in [0.717, 1.165) is 30.0 Å². The third-order valence-corrected chi connectivity index (χ3v) is 6.29. The minimum Gasteiger partial charge on any atom is -0.493 e. The number of likely N-dealkylation sites (tertiary alicyclic amines) is 1. The molecule has 7 heteroatoms. The van der Waals surface area contributed by atoms with Crippen LogP contribution >= 0.6 is 0 Å². The molecule has 1 atom stereocenters. The Morgan fingerprint density at radius 1 is 1.06 bits per heavy atom. The van der Waals surface area contributed by atoms with Crippen molar-refractivity contribution < 1.29 is 19.1 Å². The lowest BCUT2D eigenvalue weighted by Crippen LogP contribution is -2.30. The summed E-state index contributed by atoms with van der Waals surface area (Å²) < 4.78 is 10.6. The summed E-state index contributed by atoms with van der Waals surface area (Å²) in [6.07, 6.45) is 3.36. The van der Waals surface area contributed by atoms with Gasteiger partial charge in [-0.1, -0.05) is 12.1 Å². The van der Waals surface area contributed by atoms with Crippen molar-refractivity contribution in [2.75, 3.05) is 50.6 Å². The molecule has 2 heterocycles. The molecule has 170 valence electrons. The lowest BCUT2D eigenvalue weighted by Gasteiger charge is -2.19.